The molecule has 152 valence electrons. The number of pyridine rings is 2. The molecule has 0 atom stereocenters. The number of rotatable bonds is 5. The van der Waals surface area contributed by atoms with Crippen LogP contribution in [0.15, 0.2) is 67.1 Å². The molecule has 0 N–H and O–H groups in total. The van der Waals surface area contributed by atoms with Crippen molar-refractivity contribution in [2.75, 3.05) is 31.2 Å². The number of likely N-dealkylation sites (tertiary alicyclic amines) is 1. The SMILES string of the molecule is C1=CN(C2CC(CN3CCC3)C2)CN1c1ccc2ccc(-c3ccccn3)nc2c1. The van der Waals surface area contributed by atoms with Crippen LogP contribution in [-0.4, -0.2) is 52.1 Å². The molecule has 6 rings (SSSR count). The molecule has 1 saturated carbocycles. The first-order valence-corrected chi connectivity index (χ1v) is 11.1. The highest BCUT2D eigenvalue weighted by Gasteiger charge is 2.36. The van der Waals surface area contributed by atoms with E-state index < -0.39 is 0 Å². The van der Waals surface area contributed by atoms with E-state index in [9.17, 15) is 0 Å². The van der Waals surface area contributed by atoms with Crippen molar-refractivity contribution >= 4 is 16.6 Å². The molecule has 1 aromatic carbocycles. The van der Waals surface area contributed by atoms with Crippen molar-refractivity contribution in [3.8, 4) is 11.4 Å². The van der Waals surface area contributed by atoms with Gasteiger partial charge in [0.15, 0.2) is 0 Å². The Morgan fingerprint density at radius 2 is 1.83 bits per heavy atom. The maximum Gasteiger partial charge on any atom is 0.0944 e. The first-order valence-electron chi connectivity index (χ1n) is 11.1. The van der Waals surface area contributed by atoms with Gasteiger partial charge in [0.2, 0.25) is 0 Å². The quantitative estimate of drug-likeness (QED) is 0.640. The summed E-state index contributed by atoms with van der Waals surface area (Å²) in [7, 11) is 0. The van der Waals surface area contributed by atoms with Crippen LogP contribution in [0.5, 0.6) is 0 Å². The van der Waals surface area contributed by atoms with Crippen LogP contribution in [0.4, 0.5) is 5.69 Å². The fraction of sp³-hybridized carbons (Fsp3) is 0.360. The predicted molar refractivity (Wildman–Crippen MR) is 121 cm³/mol. The summed E-state index contributed by atoms with van der Waals surface area (Å²) in [6.45, 7) is 4.88. The molecule has 0 spiro atoms. The second-order valence-corrected chi connectivity index (χ2v) is 8.86. The van der Waals surface area contributed by atoms with Crippen LogP contribution in [-0.2, 0) is 0 Å². The number of benzene rings is 1. The lowest BCUT2D eigenvalue weighted by Crippen LogP contribution is -2.49. The number of aromatic nitrogens is 2. The Bertz CT molecular complexity index is 1070. The molecule has 0 radical (unpaired) electrons. The van der Waals surface area contributed by atoms with Gasteiger partial charge in [-0.2, -0.15) is 0 Å². The van der Waals surface area contributed by atoms with Crippen molar-refractivity contribution < 1.29 is 0 Å². The summed E-state index contributed by atoms with van der Waals surface area (Å²) in [5.41, 5.74) is 4.04. The monoisotopic (exact) mass is 397 g/mol. The van der Waals surface area contributed by atoms with Gasteiger partial charge in [0.1, 0.15) is 0 Å². The van der Waals surface area contributed by atoms with Crippen LogP contribution < -0.4 is 4.90 Å². The van der Waals surface area contributed by atoms with E-state index in [0.717, 1.165) is 34.9 Å². The van der Waals surface area contributed by atoms with Gasteiger partial charge >= 0.3 is 0 Å². The van der Waals surface area contributed by atoms with E-state index in [1.807, 2.05) is 24.4 Å². The zero-order valence-electron chi connectivity index (χ0n) is 17.2. The lowest BCUT2D eigenvalue weighted by atomic mass is 9.79. The molecule has 3 aromatic rings. The van der Waals surface area contributed by atoms with Crippen LogP contribution in [0.2, 0.25) is 0 Å². The standard InChI is InChI=1S/C25H27N5/c1-2-9-26-23(4-1)24-8-6-20-5-7-21(16-25(20)27-24)29-12-13-30(18-29)22-14-19(15-22)17-28-10-3-11-28/h1-2,4-9,12-13,16,19,22H,3,10-11,14-15,17-18H2. The molecule has 0 bridgehead atoms. The third-order valence-electron chi connectivity index (χ3n) is 6.83. The fourth-order valence-corrected chi connectivity index (χ4v) is 4.83. The molecule has 5 heteroatoms. The summed E-state index contributed by atoms with van der Waals surface area (Å²) in [4.78, 5) is 16.8. The van der Waals surface area contributed by atoms with Crippen molar-refractivity contribution in [2.45, 2.75) is 25.3 Å². The third kappa shape index (κ3) is 3.33. The van der Waals surface area contributed by atoms with Gasteiger partial charge in [-0.3, -0.25) is 4.98 Å². The average molecular weight is 398 g/mol. The van der Waals surface area contributed by atoms with E-state index in [1.165, 1.54) is 44.6 Å². The van der Waals surface area contributed by atoms with E-state index >= 15 is 0 Å². The first kappa shape index (κ1) is 17.9. The normalized spacial score (nSPS) is 23.6. The highest BCUT2D eigenvalue weighted by molar-refractivity contribution is 5.84. The predicted octanol–water partition coefficient (Wildman–Crippen LogP) is 4.33. The number of hydrogen-bond acceptors (Lipinski definition) is 5. The average Bonchev–Trinajstić information content (AvgIpc) is 3.21. The van der Waals surface area contributed by atoms with Gasteiger partial charge in [-0.25, -0.2) is 4.98 Å². The molecule has 2 fully saturated rings. The maximum atomic E-state index is 4.88. The summed E-state index contributed by atoms with van der Waals surface area (Å²) < 4.78 is 0. The number of hydrogen-bond donors (Lipinski definition) is 0. The van der Waals surface area contributed by atoms with Crippen LogP contribution in [0, 0.1) is 5.92 Å². The van der Waals surface area contributed by atoms with Crippen molar-refractivity contribution in [3.05, 3.63) is 67.1 Å². The van der Waals surface area contributed by atoms with Crippen molar-refractivity contribution in [1.29, 1.82) is 0 Å². The molecular formula is C25H27N5. The zero-order chi connectivity index (χ0) is 19.9. The van der Waals surface area contributed by atoms with Crippen molar-refractivity contribution in [3.63, 3.8) is 0 Å². The summed E-state index contributed by atoms with van der Waals surface area (Å²) in [5, 5.41) is 1.16. The Kier molecular flexibility index (Phi) is 4.42. The first-order chi connectivity index (χ1) is 14.8. The molecule has 1 saturated heterocycles. The van der Waals surface area contributed by atoms with Crippen molar-refractivity contribution in [2.24, 2.45) is 5.92 Å². The van der Waals surface area contributed by atoms with Crippen LogP contribution in [0.25, 0.3) is 22.3 Å². The van der Waals surface area contributed by atoms with Gasteiger partial charge in [0.05, 0.1) is 23.6 Å². The molecule has 5 nitrogen and oxygen atoms in total. The summed E-state index contributed by atoms with van der Waals surface area (Å²) in [5.74, 6) is 0.896. The minimum absolute atomic E-state index is 0.701. The van der Waals surface area contributed by atoms with Gasteiger partial charge in [0, 0.05) is 42.3 Å². The van der Waals surface area contributed by atoms with Gasteiger partial charge in [-0.1, -0.05) is 18.2 Å². The van der Waals surface area contributed by atoms with Gasteiger partial charge in [0.25, 0.3) is 0 Å². The molecular weight excluding hydrogens is 370 g/mol. The van der Waals surface area contributed by atoms with Gasteiger partial charge < -0.3 is 14.7 Å². The second kappa shape index (κ2) is 7.40. The van der Waals surface area contributed by atoms with Gasteiger partial charge in [-0.15, -0.1) is 0 Å². The van der Waals surface area contributed by atoms with E-state index in [2.05, 4.69) is 62.4 Å². The minimum atomic E-state index is 0.701. The summed E-state index contributed by atoms with van der Waals surface area (Å²) in [6, 6.07) is 17.4. The van der Waals surface area contributed by atoms with E-state index in [4.69, 9.17) is 4.98 Å². The Morgan fingerprint density at radius 3 is 2.63 bits per heavy atom. The van der Waals surface area contributed by atoms with Crippen LogP contribution in [0.1, 0.15) is 19.3 Å². The Hall–Kier alpha value is -2.92. The highest BCUT2D eigenvalue weighted by Crippen LogP contribution is 2.36. The largest absolute Gasteiger partial charge is 0.355 e. The molecule has 0 amide bonds. The molecule has 2 aromatic heterocycles. The second-order valence-electron chi connectivity index (χ2n) is 8.86. The molecule has 4 heterocycles. The minimum Gasteiger partial charge on any atom is -0.355 e. The molecule has 0 unspecified atom stereocenters. The Labute approximate surface area is 177 Å². The Balaban J connectivity index is 1.14. The molecule has 1 aliphatic carbocycles. The van der Waals surface area contributed by atoms with E-state index in [1.54, 1.807) is 0 Å². The summed E-state index contributed by atoms with van der Waals surface area (Å²) >= 11 is 0. The van der Waals surface area contributed by atoms with Crippen LogP contribution in [0.3, 0.4) is 0 Å². The lowest BCUT2D eigenvalue weighted by Gasteiger charge is -2.45. The molecule has 3 aliphatic rings. The van der Waals surface area contributed by atoms with Crippen molar-refractivity contribution in [1.82, 2.24) is 19.8 Å². The van der Waals surface area contributed by atoms with E-state index in [-0.39, 0.29) is 0 Å². The topological polar surface area (TPSA) is 35.5 Å². The molecule has 2 aliphatic heterocycles. The molecule has 30 heavy (non-hydrogen) atoms. The van der Waals surface area contributed by atoms with E-state index in [0.29, 0.717) is 6.04 Å². The third-order valence-corrected chi connectivity index (χ3v) is 6.83. The van der Waals surface area contributed by atoms with Gasteiger partial charge in [-0.05, 0) is 68.6 Å². The maximum absolute atomic E-state index is 4.88. The Morgan fingerprint density at radius 1 is 0.933 bits per heavy atom. The number of fused-ring (bicyclic) bond motifs is 1. The van der Waals surface area contributed by atoms with Crippen LogP contribution >= 0.6 is 0 Å². The smallest absolute Gasteiger partial charge is 0.0944 e. The fourth-order valence-electron chi connectivity index (χ4n) is 4.83. The highest BCUT2D eigenvalue weighted by atomic mass is 15.4. The number of nitrogens with zero attached hydrogens (tertiary/aromatic N) is 5. The number of anilines is 1. The zero-order valence-corrected chi connectivity index (χ0v) is 17.2. The lowest BCUT2D eigenvalue weighted by molar-refractivity contribution is 0.0665. The summed E-state index contributed by atoms with van der Waals surface area (Å²) in [6.07, 6.45) is 10.4.